The largest absolute Gasteiger partial charge is 0.362 e. The molecule has 2 heterocycles. The van der Waals surface area contributed by atoms with E-state index in [1.807, 2.05) is 0 Å². The molecule has 0 aromatic rings. The molecule has 0 aliphatic carbocycles. The van der Waals surface area contributed by atoms with Gasteiger partial charge in [0.15, 0.2) is 0 Å². The monoisotopic (exact) mass is 218 g/mol. The molecule has 1 fully saturated rings. The molecule has 16 heavy (non-hydrogen) atoms. The standard InChI is InChI=1S/C14H22N2/c1-10-14(4,5)9-11(16-10)8-12-13(2,3)6-7-15-12/h8,16H,1,6-7,9H2,2-5H3/b11-8-. The summed E-state index contributed by atoms with van der Waals surface area (Å²) < 4.78 is 0. The average Bonchev–Trinajstić information content (AvgIpc) is 2.56. The number of nitrogens with zero attached hydrogens (tertiary/aromatic N) is 1. The Morgan fingerprint density at radius 1 is 1.25 bits per heavy atom. The number of allylic oxidation sites excluding steroid dienone is 3. The highest BCUT2D eigenvalue weighted by Crippen LogP contribution is 2.38. The van der Waals surface area contributed by atoms with Gasteiger partial charge in [-0.05, 0) is 18.9 Å². The van der Waals surface area contributed by atoms with Gasteiger partial charge >= 0.3 is 0 Å². The smallest absolute Gasteiger partial charge is 0.0422 e. The first-order chi connectivity index (χ1) is 7.31. The summed E-state index contributed by atoms with van der Waals surface area (Å²) in [5, 5.41) is 3.39. The summed E-state index contributed by atoms with van der Waals surface area (Å²) in [6.07, 6.45) is 4.43. The van der Waals surface area contributed by atoms with Gasteiger partial charge in [0.05, 0.1) is 0 Å². The van der Waals surface area contributed by atoms with Gasteiger partial charge in [0.25, 0.3) is 0 Å². The van der Waals surface area contributed by atoms with Crippen molar-refractivity contribution in [2.75, 3.05) is 6.54 Å². The number of aliphatic imine (C=N–C) groups is 1. The molecule has 2 aliphatic rings. The minimum Gasteiger partial charge on any atom is -0.362 e. The minimum atomic E-state index is 0.176. The zero-order valence-electron chi connectivity index (χ0n) is 10.9. The lowest BCUT2D eigenvalue weighted by molar-refractivity contribution is 0.479. The zero-order chi connectivity index (χ0) is 12.0. The molecule has 0 spiro atoms. The van der Waals surface area contributed by atoms with Crippen LogP contribution in [0.25, 0.3) is 0 Å². The lowest BCUT2D eigenvalue weighted by Crippen LogP contribution is -2.19. The lowest BCUT2D eigenvalue weighted by Gasteiger charge is -2.18. The second-order valence-corrected chi connectivity index (χ2v) is 6.23. The Kier molecular flexibility index (Phi) is 2.48. The van der Waals surface area contributed by atoms with Gasteiger partial charge in [-0.15, -0.1) is 0 Å². The third-order valence-corrected chi connectivity index (χ3v) is 3.78. The maximum Gasteiger partial charge on any atom is 0.0422 e. The fourth-order valence-electron chi connectivity index (χ4n) is 2.28. The third kappa shape index (κ3) is 1.93. The van der Waals surface area contributed by atoms with Crippen molar-refractivity contribution >= 4 is 5.71 Å². The first-order valence-electron chi connectivity index (χ1n) is 6.03. The van der Waals surface area contributed by atoms with Gasteiger partial charge < -0.3 is 5.32 Å². The molecule has 0 saturated carbocycles. The summed E-state index contributed by atoms with van der Waals surface area (Å²) in [6.45, 7) is 14.0. The molecule has 0 radical (unpaired) electrons. The summed E-state index contributed by atoms with van der Waals surface area (Å²) in [5.41, 5.74) is 4.04. The van der Waals surface area contributed by atoms with Crippen LogP contribution in [0.1, 0.15) is 40.5 Å². The number of hydrogen-bond acceptors (Lipinski definition) is 2. The van der Waals surface area contributed by atoms with Crippen molar-refractivity contribution in [3.8, 4) is 0 Å². The molecule has 0 atom stereocenters. The van der Waals surface area contributed by atoms with Crippen LogP contribution in [-0.2, 0) is 0 Å². The SMILES string of the molecule is C=C1N/C(=C\C2=NCCC2(C)C)CC1(C)C. The van der Waals surface area contributed by atoms with Gasteiger partial charge in [0, 0.05) is 34.5 Å². The highest BCUT2D eigenvalue weighted by atomic mass is 15.0. The maximum atomic E-state index is 4.60. The van der Waals surface area contributed by atoms with Crippen molar-refractivity contribution in [2.45, 2.75) is 40.5 Å². The normalized spacial score (nSPS) is 29.4. The van der Waals surface area contributed by atoms with Crippen LogP contribution < -0.4 is 5.32 Å². The van der Waals surface area contributed by atoms with Crippen molar-refractivity contribution in [1.29, 1.82) is 0 Å². The second-order valence-electron chi connectivity index (χ2n) is 6.23. The van der Waals surface area contributed by atoms with Gasteiger partial charge in [-0.1, -0.05) is 34.3 Å². The second kappa shape index (κ2) is 3.47. The summed E-state index contributed by atoms with van der Waals surface area (Å²) in [6, 6.07) is 0. The van der Waals surface area contributed by atoms with E-state index in [4.69, 9.17) is 0 Å². The lowest BCUT2D eigenvalue weighted by atomic mass is 9.85. The van der Waals surface area contributed by atoms with Crippen LogP contribution in [0, 0.1) is 10.8 Å². The van der Waals surface area contributed by atoms with Crippen molar-refractivity contribution in [1.82, 2.24) is 5.32 Å². The van der Waals surface area contributed by atoms with Crippen LogP contribution in [0.15, 0.2) is 29.0 Å². The highest BCUT2D eigenvalue weighted by Gasteiger charge is 2.33. The third-order valence-electron chi connectivity index (χ3n) is 3.78. The molecule has 0 aromatic carbocycles. The van der Waals surface area contributed by atoms with Crippen LogP contribution in [0.2, 0.25) is 0 Å². The van der Waals surface area contributed by atoms with E-state index < -0.39 is 0 Å². The quantitative estimate of drug-likeness (QED) is 0.717. The zero-order valence-corrected chi connectivity index (χ0v) is 10.9. The summed E-state index contributed by atoms with van der Waals surface area (Å²) in [7, 11) is 0. The van der Waals surface area contributed by atoms with Gasteiger partial charge in [-0.2, -0.15) is 0 Å². The van der Waals surface area contributed by atoms with Crippen molar-refractivity contribution in [2.24, 2.45) is 15.8 Å². The molecule has 0 bridgehead atoms. The topological polar surface area (TPSA) is 24.4 Å². The summed E-state index contributed by atoms with van der Waals surface area (Å²) in [5.74, 6) is 0. The molecule has 0 amide bonds. The van der Waals surface area contributed by atoms with E-state index in [0.717, 1.165) is 25.1 Å². The van der Waals surface area contributed by atoms with E-state index in [9.17, 15) is 0 Å². The molecule has 2 rings (SSSR count). The predicted molar refractivity (Wildman–Crippen MR) is 69.5 cm³/mol. The van der Waals surface area contributed by atoms with Gasteiger partial charge in [0.1, 0.15) is 0 Å². The van der Waals surface area contributed by atoms with Gasteiger partial charge in [-0.3, -0.25) is 4.99 Å². The van der Waals surface area contributed by atoms with Gasteiger partial charge in [0.2, 0.25) is 0 Å². The summed E-state index contributed by atoms with van der Waals surface area (Å²) >= 11 is 0. The highest BCUT2D eigenvalue weighted by molar-refractivity contribution is 6.00. The van der Waals surface area contributed by atoms with E-state index >= 15 is 0 Å². The first-order valence-corrected chi connectivity index (χ1v) is 6.03. The molecule has 1 saturated heterocycles. The minimum absolute atomic E-state index is 0.176. The Morgan fingerprint density at radius 2 is 1.94 bits per heavy atom. The molecular weight excluding hydrogens is 196 g/mol. The van der Waals surface area contributed by atoms with E-state index in [2.05, 4.69) is 50.7 Å². The summed E-state index contributed by atoms with van der Waals surface area (Å²) in [4.78, 5) is 4.60. The molecular formula is C14H22N2. The molecule has 1 N–H and O–H groups in total. The van der Waals surface area contributed by atoms with Crippen LogP contribution in [-0.4, -0.2) is 12.3 Å². The Balaban J connectivity index is 2.19. The number of hydrogen-bond donors (Lipinski definition) is 1. The number of nitrogens with one attached hydrogen (secondary N) is 1. The fourth-order valence-corrected chi connectivity index (χ4v) is 2.28. The van der Waals surface area contributed by atoms with Crippen LogP contribution in [0.4, 0.5) is 0 Å². The Hall–Kier alpha value is -1.05. The predicted octanol–water partition coefficient (Wildman–Crippen LogP) is 3.27. The van der Waals surface area contributed by atoms with E-state index in [-0.39, 0.29) is 10.8 Å². The molecule has 0 unspecified atom stereocenters. The first kappa shape index (κ1) is 11.4. The average molecular weight is 218 g/mol. The van der Waals surface area contributed by atoms with Crippen LogP contribution in [0.5, 0.6) is 0 Å². The van der Waals surface area contributed by atoms with Crippen molar-refractivity contribution in [3.63, 3.8) is 0 Å². The van der Waals surface area contributed by atoms with E-state index in [1.54, 1.807) is 0 Å². The molecule has 0 aromatic heterocycles. The van der Waals surface area contributed by atoms with Crippen molar-refractivity contribution in [3.05, 3.63) is 24.0 Å². The molecule has 2 aliphatic heterocycles. The van der Waals surface area contributed by atoms with Crippen LogP contribution >= 0.6 is 0 Å². The van der Waals surface area contributed by atoms with Gasteiger partial charge in [-0.25, -0.2) is 0 Å². The fraction of sp³-hybridized carbons (Fsp3) is 0.643. The Bertz CT molecular complexity index is 384. The van der Waals surface area contributed by atoms with E-state index in [1.165, 1.54) is 11.4 Å². The van der Waals surface area contributed by atoms with Crippen LogP contribution in [0.3, 0.4) is 0 Å². The molecule has 2 heteroatoms. The number of rotatable bonds is 1. The Labute approximate surface area is 98.5 Å². The maximum absolute atomic E-state index is 4.60. The molecule has 2 nitrogen and oxygen atoms in total. The Morgan fingerprint density at radius 3 is 2.38 bits per heavy atom. The molecule has 88 valence electrons. The van der Waals surface area contributed by atoms with Crippen molar-refractivity contribution < 1.29 is 0 Å². The van der Waals surface area contributed by atoms with E-state index in [0.29, 0.717) is 0 Å².